The minimum absolute atomic E-state index is 0.142. The fourth-order valence-electron chi connectivity index (χ4n) is 3.53. The molecule has 5 nitrogen and oxygen atoms in total. The third-order valence-corrected chi connectivity index (χ3v) is 5.58. The second-order valence-corrected chi connectivity index (χ2v) is 8.48. The molecule has 1 saturated heterocycles. The van der Waals surface area contributed by atoms with Crippen LogP contribution in [-0.2, 0) is 9.59 Å². The van der Waals surface area contributed by atoms with Gasteiger partial charge in [-0.25, -0.2) is 0 Å². The van der Waals surface area contributed by atoms with E-state index in [1.807, 2.05) is 50.2 Å². The molecule has 1 fully saturated rings. The van der Waals surface area contributed by atoms with Gasteiger partial charge in [-0.2, -0.15) is 0 Å². The molecule has 0 radical (unpaired) electrons. The van der Waals surface area contributed by atoms with Gasteiger partial charge < -0.3 is 14.9 Å². The van der Waals surface area contributed by atoms with E-state index < -0.39 is 17.7 Å². The van der Waals surface area contributed by atoms with E-state index in [2.05, 4.69) is 15.9 Å². The van der Waals surface area contributed by atoms with E-state index in [4.69, 9.17) is 0 Å². The summed E-state index contributed by atoms with van der Waals surface area (Å²) >= 11 is 3.37. The number of benzene rings is 2. The number of nitrogens with zero attached hydrogens (tertiary/aromatic N) is 2. The number of hydrogen-bond donors (Lipinski definition) is 1. The van der Waals surface area contributed by atoms with Crippen LogP contribution in [-0.4, -0.2) is 53.8 Å². The van der Waals surface area contributed by atoms with Crippen molar-refractivity contribution in [3.63, 3.8) is 0 Å². The van der Waals surface area contributed by atoms with Crippen LogP contribution < -0.4 is 0 Å². The highest BCUT2D eigenvalue weighted by molar-refractivity contribution is 9.10. The summed E-state index contributed by atoms with van der Waals surface area (Å²) < 4.78 is 0.869. The Morgan fingerprint density at radius 1 is 1.07 bits per heavy atom. The largest absolute Gasteiger partial charge is 0.507 e. The van der Waals surface area contributed by atoms with Gasteiger partial charge in [0, 0.05) is 16.6 Å². The molecule has 2 aromatic carbocycles. The molecule has 3 rings (SSSR count). The molecule has 1 heterocycles. The molecule has 0 aromatic heterocycles. The van der Waals surface area contributed by atoms with Gasteiger partial charge in [-0.05, 0) is 51.7 Å². The molecular formula is C23H25BrN2O3. The molecule has 152 valence electrons. The number of aliphatic hydroxyl groups excluding tert-OH is 1. The Hall–Kier alpha value is -2.44. The number of carbonyl (C=O) groups is 2. The van der Waals surface area contributed by atoms with Gasteiger partial charge in [0.1, 0.15) is 5.76 Å². The predicted octanol–water partition coefficient (Wildman–Crippen LogP) is 4.13. The van der Waals surface area contributed by atoms with Crippen molar-refractivity contribution in [2.75, 3.05) is 27.2 Å². The molecule has 0 spiro atoms. The highest BCUT2D eigenvalue weighted by atomic mass is 79.9. The van der Waals surface area contributed by atoms with Crippen LogP contribution in [0, 0.1) is 6.92 Å². The van der Waals surface area contributed by atoms with Crippen molar-refractivity contribution in [2.45, 2.75) is 19.4 Å². The van der Waals surface area contributed by atoms with E-state index >= 15 is 0 Å². The summed E-state index contributed by atoms with van der Waals surface area (Å²) in [5, 5.41) is 11.0. The maximum absolute atomic E-state index is 12.9. The molecule has 0 aliphatic carbocycles. The first kappa shape index (κ1) is 21.3. The third kappa shape index (κ3) is 4.60. The maximum Gasteiger partial charge on any atom is 0.295 e. The molecule has 0 bridgehead atoms. The normalized spacial score (nSPS) is 18.7. The number of halogens is 1. The lowest BCUT2D eigenvalue weighted by molar-refractivity contribution is -0.139. The van der Waals surface area contributed by atoms with Crippen LogP contribution in [0.1, 0.15) is 29.2 Å². The molecule has 1 N–H and O–H groups in total. The van der Waals surface area contributed by atoms with Crippen molar-refractivity contribution >= 4 is 33.4 Å². The van der Waals surface area contributed by atoms with Crippen LogP contribution in [0.25, 0.3) is 5.76 Å². The standard InChI is InChI=1S/C23H25BrN2O3/c1-15-5-7-16(8-6-15)20-19(21(27)17-9-11-18(24)12-10-17)22(28)23(29)26(20)14-4-13-25(2)3/h5-12,20,27H,4,13-14H2,1-3H3/b21-19+. The van der Waals surface area contributed by atoms with Crippen molar-refractivity contribution in [1.82, 2.24) is 9.80 Å². The van der Waals surface area contributed by atoms with E-state index in [1.165, 1.54) is 0 Å². The molecule has 1 amide bonds. The van der Waals surface area contributed by atoms with Gasteiger partial charge in [-0.15, -0.1) is 0 Å². The molecule has 2 aromatic rings. The topological polar surface area (TPSA) is 60.9 Å². The lowest BCUT2D eigenvalue weighted by atomic mass is 9.94. The van der Waals surface area contributed by atoms with Crippen molar-refractivity contribution in [3.05, 3.63) is 75.3 Å². The summed E-state index contributed by atoms with van der Waals surface area (Å²) in [6.45, 7) is 3.23. The summed E-state index contributed by atoms with van der Waals surface area (Å²) in [5.74, 6) is -1.34. The third-order valence-electron chi connectivity index (χ3n) is 5.06. The molecule has 29 heavy (non-hydrogen) atoms. The number of amides is 1. The Bertz CT molecular complexity index is 934. The van der Waals surface area contributed by atoms with Gasteiger partial charge in [0.2, 0.25) is 0 Å². The van der Waals surface area contributed by atoms with E-state index in [0.29, 0.717) is 12.1 Å². The average Bonchev–Trinajstić information content (AvgIpc) is 2.93. The van der Waals surface area contributed by atoms with Crippen molar-refractivity contribution in [2.24, 2.45) is 0 Å². The Labute approximate surface area is 179 Å². The van der Waals surface area contributed by atoms with Crippen molar-refractivity contribution in [3.8, 4) is 0 Å². The Balaban J connectivity index is 2.07. The SMILES string of the molecule is Cc1ccc(C2/C(=C(\O)c3ccc(Br)cc3)C(=O)C(=O)N2CCCN(C)C)cc1. The van der Waals surface area contributed by atoms with E-state index in [0.717, 1.165) is 28.6 Å². The number of aliphatic hydroxyl groups is 1. The average molecular weight is 457 g/mol. The van der Waals surface area contributed by atoms with E-state index in [1.54, 1.807) is 29.2 Å². The van der Waals surface area contributed by atoms with Gasteiger partial charge >= 0.3 is 0 Å². The van der Waals surface area contributed by atoms with Crippen molar-refractivity contribution < 1.29 is 14.7 Å². The Morgan fingerprint density at radius 2 is 1.69 bits per heavy atom. The van der Waals surface area contributed by atoms with Gasteiger partial charge in [-0.1, -0.05) is 57.9 Å². The number of aryl methyl sites for hydroxylation is 1. The highest BCUT2D eigenvalue weighted by Crippen LogP contribution is 2.39. The molecule has 1 unspecified atom stereocenters. The van der Waals surface area contributed by atoms with Crippen LogP contribution in [0.3, 0.4) is 0 Å². The molecule has 0 saturated carbocycles. The first-order valence-corrected chi connectivity index (χ1v) is 10.3. The molecule has 1 aliphatic rings. The van der Waals surface area contributed by atoms with Crippen LogP contribution in [0.15, 0.2) is 58.6 Å². The number of Topliss-reactive ketones (excluding diaryl/α,β-unsaturated/α-hetero) is 1. The smallest absolute Gasteiger partial charge is 0.295 e. The summed E-state index contributed by atoms with van der Waals surface area (Å²) in [4.78, 5) is 29.4. The van der Waals surface area contributed by atoms with Gasteiger partial charge in [0.15, 0.2) is 0 Å². The highest BCUT2D eigenvalue weighted by Gasteiger charge is 2.45. The zero-order valence-electron chi connectivity index (χ0n) is 16.9. The van der Waals surface area contributed by atoms with Gasteiger partial charge in [0.25, 0.3) is 11.7 Å². The van der Waals surface area contributed by atoms with Crippen LogP contribution in [0.5, 0.6) is 0 Å². The first-order valence-electron chi connectivity index (χ1n) is 9.55. The predicted molar refractivity (Wildman–Crippen MR) is 118 cm³/mol. The fraction of sp³-hybridized carbons (Fsp3) is 0.304. The summed E-state index contributed by atoms with van der Waals surface area (Å²) in [6.07, 6.45) is 0.737. The minimum atomic E-state index is -0.638. The zero-order valence-corrected chi connectivity index (χ0v) is 18.4. The summed E-state index contributed by atoms with van der Waals surface area (Å²) in [7, 11) is 3.94. The second-order valence-electron chi connectivity index (χ2n) is 7.57. The van der Waals surface area contributed by atoms with E-state index in [-0.39, 0.29) is 11.3 Å². The molecular weight excluding hydrogens is 432 g/mol. The minimum Gasteiger partial charge on any atom is -0.507 e. The summed E-state index contributed by atoms with van der Waals surface area (Å²) in [6, 6.07) is 14.2. The second kappa shape index (κ2) is 8.93. The number of rotatable bonds is 6. The fourth-order valence-corrected chi connectivity index (χ4v) is 3.79. The van der Waals surface area contributed by atoms with E-state index in [9.17, 15) is 14.7 Å². The summed E-state index contributed by atoms with van der Waals surface area (Å²) in [5.41, 5.74) is 2.56. The van der Waals surface area contributed by atoms with Crippen LogP contribution in [0.4, 0.5) is 0 Å². The lowest BCUT2D eigenvalue weighted by Gasteiger charge is -2.26. The number of ketones is 1. The number of hydrogen-bond acceptors (Lipinski definition) is 4. The van der Waals surface area contributed by atoms with Gasteiger partial charge in [-0.3, -0.25) is 9.59 Å². The lowest BCUT2D eigenvalue weighted by Crippen LogP contribution is -2.32. The Kier molecular flexibility index (Phi) is 6.55. The number of carbonyl (C=O) groups excluding carboxylic acids is 2. The molecule has 6 heteroatoms. The quantitative estimate of drug-likeness (QED) is 0.403. The molecule has 1 atom stereocenters. The monoisotopic (exact) mass is 456 g/mol. The van der Waals surface area contributed by atoms with Crippen LogP contribution in [0.2, 0.25) is 0 Å². The zero-order chi connectivity index (χ0) is 21.1. The van der Waals surface area contributed by atoms with Crippen LogP contribution >= 0.6 is 15.9 Å². The number of likely N-dealkylation sites (tertiary alicyclic amines) is 1. The maximum atomic E-state index is 12.9. The Morgan fingerprint density at radius 3 is 2.28 bits per heavy atom. The first-order chi connectivity index (χ1) is 13.8. The van der Waals surface area contributed by atoms with Gasteiger partial charge in [0.05, 0.1) is 11.6 Å². The molecule has 1 aliphatic heterocycles. The van der Waals surface area contributed by atoms with Crippen molar-refractivity contribution in [1.29, 1.82) is 0 Å².